The molecule has 1 N–H and O–H groups in total. The maximum absolute atomic E-state index is 12.6. The zero-order valence-corrected chi connectivity index (χ0v) is 21.8. The van der Waals surface area contributed by atoms with Crippen LogP contribution < -0.4 is 15.2 Å². The summed E-state index contributed by atoms with van der Waals surface area (Å²) < 4.78 is 7.21. The Hall–Kier alpha value is -4.11. The second-order valence-electron chi connectivity index (χ2n) is 9.37. The highest BCUT2D eigenvalue weighted by Gasteiger charge is 2.19. The molecule has 0 saturated carbocycles. The van der Waals surface area contributed by atoms with Crippen LogP contribution in [0.15, 0.2) is 78.0 Å². The summed E-state index contributed by atoms with van der Waals surface area (Å²) in [5, 5.41) is 23.1. The van der Waals surface area contributed by atoms with Crippen LogP contribution in [0.2, 0.25) is 0 Å². The molecule has 0 saturated heterocycles. The normalized spacial score (nSPS) is 11.2. The minimum atomic E-state index is -1.27. The Morgan fingerprint density at radius 2 is 1.59 bits per heavy atom. The second kappa shape index (κ2) is 10.9. The number of benzene rings is 3. The van der Waals surface area contributed by atoms with Crippen LogP contribution in [0.3, 0.4) is 0 Å². The first-order valence-electron chi connectivity index (χ1n) is 11.6. The number of nitrogens with one attached hydrogen (secondary N) is 1. The molecule has 9 heteroatoms. The summed E-state index contributed by atoms with van der Waals surface area (Å²) >= 11 is 1.25. The molecule has 37 heavy (non-hydrogen) atoms. The van der Waals surface area contributed by atoms with E-state index in [2.05, 4.69) is 48.4 Å². The van der Waals surface area contributed by atoms with E-state index >= 15 is 0 Å². The Bertz CT molecular complexity index is 1390. The van der Waals surface area contributed by atoms with E-state index in [0.29, 0.717) is 16.7 Å². The molecule has 0 atom stereocenters. The number of hydrogen-bond acceptors (Lipinski definition) is 7. The van der Waals surface area contributed by atoms with Gasteiger partial charge in [0.25, 0.3) is 0 Å². The van der Waals surface area contributed by atoms with Crippen LogP contribution in [-0.2, 0) is 10.2 Å². The summed E-state index contributed by atoms with van der Waals surface area (Å²) in [5.41, 5.74) is 3.52. The van der Waals surface area contributed by atoms with Gasteiger partial charge in [-0.1, -0.05) is 68.9 Å². The van der Waals surface area contributed by atoms with Gasteiger partial charge in [0.2, 0.25) is 5.91 Å². The van der Waals surface area contributed by atoms with Gasteiger partial charge in [0.15, 0.2) is 11.0 Å². The smallest absolute Gasteiger partial charge is 0.234 e. The highest BCUT2D eigenvalue weighted by Crippen LogP contribution is 2.31. The molecule has 4 aromatic rings. The molecule has 1 heterocycles. The molecule has 3 aromatic carbocycles. The number of nitrogens with zero attached hydrogens (tertiary/aromatic N) is 3. The van der Waals surface area contributed by atoms with Crippen molar-refractivity contribution in [2.45, 2.75) is 31.3 Å². The van der Waals surface area contributed by atoms with Crippen LogP contribution in [0, 0.1) is 0 Å². The topological polar surface area (TPSA) is 109 Å². The van der Waals surface area contributed by atoms with Crippen molar-refractivity contribution in [3.63, 3.8) is 0 Å². The number of thioether (sulfide) groups is 1. The number of carboxylic acid groups (broad SMARTS) is 1. The number of methoxy groups -OCH3 is 1. The van der Waals surface area contributed by atoms with Crippen molar-refractivity contribution < 1.29 is 19.4 Å². The molecule has 0 radical (unpaired) electrons. The summed E-state index contributed by atoms with van der Waals surface area (Å²) in [6, 6.07) is 21.6. The number of aromatic nitrogens is 3. The van der Waals surface area contributed by atoms with Gasteiger partial charge in [-0.25, -0.2) is 0 Å². The lowest BCUT2D eigenvalue weighted by Gasteiger charge is -2.19. The fourth-order valence-corrected chi connectivity index (χ4v) is 4.40. The molecular formula is C28H27N4O4S-. The van der Waals surface area contributed by atoms with E-state index in [0.717, 1.165) is 17.0 Å². The van der Waals surface area contributed by atoms with Crippen LogP contribution in [0.25, 0.3) is 17.1 Å². The molecule has 190 valence electrons. The van der Waals surface area contributed by atoms with Crippen LogP contribution >= 0.6 is 11.8 Å². The van der Waals surface area contributed by atoms with Gasteiger partial charge >= 0.3 is 0 Å². The molecule has 1 amide bonds. The lowest BCUT2D eigenvalue weighted by molar-refractivity contribution is -0.255. The lowest BCUT2D eigenvalue weighted by atomic mass is 9.87. The number of anilines is 1. The number of hydrogen-bond donors (Lipinski definition) is 1. The maximum Gasteiger partial charge on any atom is 0.234 e. The predicted octanol–water partition coefficient (Wildman–Crippen LogP) is 4.33. The number of rotatable bonds is 8. The van der Waals surface area contributed by atoms with E-state index in [-0.39, 0.29) is 22.6 Å². The summed E-state index contributed by atoms with van der Waals surface area (Å²) in [4.78, 5) is 23.5. The number of carbonyl (C=O) groups excluding carboxylic acids is 2. The summed E-state index contributed by atoms with van der Waals surface area (Å²) in [6.45, 7) is 6.50. The van der Waals surface area contributed by atoms with Gasteiger partial charge < -0.3 is 20.0 Å². The minimum absolute atomic E-state index is 0.0292. The highest BCUT2D eigenvalue weighted by atomic mass is 32.2. The summed E-state index contributed by atoms with van der Waals surface area (Å²) in [6.07, 6.45) is 0. The van der Waals surface area contributed by atoms with E-state index in [1.54, 1.807) is 7.11 Å². The molecule has 0 unspecified atom stereocenters. The van der Waals surface area contributed by atoms with Crippen molar-refractivity contribution >= 4 is 29.3 Å². The molecule has 0 aliphatic carbocycles. The molecule has 8 nitrogen and oxygen atoms in total. The average Bonchev–Trinajstić information content (AvgIpc) is 3.31. The van der Waals surface area contributed by atoms with Gasteiger partial charge in [-0.3, -0.25) is 9.36 Å². The molecule has 0 bridgehead atoms. The van der Waals surface area contributed by atoms with Gasteiger partial charge in [0, 0.05) is 16.9 Å². The van der Waals surface area contributed by atoms with Crippen LogP contribution in [-0.4, -0.2) is 39.5 Å². The summed E-state index contributed by atoms with van der Waals surface area (Å²) in [5.74, 6) is -0.0567. The first-order valence-corrected chi connectivity index (χ1v) is 12.6. The Labute approximate surface area is 219 Å². The maximum atomic E-state index is 12.6. The number of carboxylic acids is 1. The van der Waals surface area contributed by atoms with Crippen LogP contribution in [0.1, 0.15) is 36.7 Å². The van der Waals surface area contributed by atoms with Crippen LogP contribution in [0.5, 0.6) is 5.75 Å². The van der Waals surface area contributed by atoms with Crippen molar-refractivity contribution in [2.24, 2.45) is 0 Å². The van der Waals surface area contributed by atoms with Gasteiger partial charge in [-0.2, -0.15) is 0 Å². The van der Waals surface area contributed by atoms with Crippen LogP contribution in [0.4, 0.5) is 5.69 Å². The lowest BCUT2D eigenvalue weighted by Crippen LogP contribution is -2.22. The summed E-state index contributed by atoms with van der Waals surface area (Å²) in [7, 11) is 1.61. The standard InChI is InChI=1S/C28H28N4O4S/c1-28(2,3)20-9-5-18(6-10-20)25-30-31-27(32(25)22-13-15-23(36-4)16-14-22)37-17-24(33)29-21-11-7-19(8-12-21)26(34)35/h5-16H,17H2,1-4H3,(H,29,33)(H,34,35)/p-1. The molecule has 4 rings (SSSR count). The van der Waals surface area contributed by atoms with Gasteiger partial charge in [-0.05, 0) is 52.9 Å². The van der Waals surface area contributed by atoms with Crippen molar-refractivity contribution in [1.82, 2.24) is 14.8 Å². The molecule has 0 aliphatic heterocycles. The third-order valence-corrected chi connectivity index (χ3v) is 6.64. The van der Waals surface area contributed by atoms with E-state index < -0.39 is 5.97 Å². The molecule has 0 fully saturated rings. The predicted molar refractivity (Wildman–Crippen MR) is 142 cm³/mol. The number of aromatic carboxylic acids is 1. The Morgan fingerprint density at radius 3 is 2.16 bits per heavy atom. The fourth-order valence-electron chi connectivity index (χ4n) is 3.65. The molecular weight excluding hydrogens is 488 g/mol. The number of ether oxygens (including phenoxy) is 1. The van der Waals surface area contributed by atoms with E-state index in [1.807, 2.05) is 41.0 Å². The SMILES string of the molecule is COc1ccc(-n2c(SCC(=O)Nc3ccc(C(=O)[O-])cc3)nnc2-c2ccc(C(C)(C)C)cc2)cc1. The van der Waals surface area contributed by atoms with Gasteiger partial charge in [-0.15, -0.1) is 10.2 Å². The Kier molecular flexibility index (Phi) is 7.63. The Balaban J connectivity index is 1.58. The second-order valence-corrected chi connectivity index (χ2v) is 10.3. The third-order valence-electron chi connectivity index (χ3n) is 5.71. The third kappa shape index (κ3) is 6.18. The minimum Gasteiger partial charge on any atom is -0.545 e. The van der Waals surface area contributed by atoms with E-state index in [9.17, 15) is 14.7 Å². The molecule has 0 spiro atoms. The fraction of sp³-hybridized carbons (Fsp3) is 0.214. The van der Waals surface area contributed by atoms with Gasteiger partial charge in [0.1, 0.15) is 5.75 Å². The molecule has 0 aliphatic rings. The first-order chi connectivity index (χ1) is 17.7. The quantitative estimate of drug-likeness (QED) is 0.348. The largest absolute Gasteiger partial charge is 0.545 e. The first kappa shape index (κ1) is 26.0. The van der Waals surface area contributed by atoms with E-state index in [4.69, 9.17) is 4.74 Å². The average molecular weight is 516 g/mol. The zero-order valence-electron chi connectivity index (χ0n) is 21.0. The number of carbonyl (C=O) groups is 2. The van der Waals surface area contributed by atoms with E-state index in [1.165, 1.54) is 41.6 Å². The molecule has 1 aromatic heterocycles. The number of amides is 1. The zero-order chi connectivity index (χ0) is 26.6. The monoisotopic (exact) mass is 515 g/mol. The van der Waals surface area contributed by atoms with Crippen molar-refractivity contribution in [3.05, 3.63) is 83.9 Å². The van der Waals surface area contributed by atoms with Crippen molar-refractivity contribution in [1.29, 1.82) is 0 Å². The van der Waals surface area contributed by atoms with Gasteiger partial charge in [0.05, 0.1) is 18.8 Å². The van der Waals surface area contributed by atoms with Crippen molar-refractivity contribution in [3.8, 4) is 22.8 Å². The highest BCUT2D eigenvalue weighted by molar-refractivity contribution is 7.99. The van der Waals surface area contributed by atoms with Crippen molar-refractivity contribution in [2.75, 3.05) is 18.2 Å². The Morgan fingerprint density at radius 1 is 0.946 bits per heavy atom.